The van der Waals surface area contributed by atoms with Crippen LogP contribution < -0.4 is 5.32 Å². The summed E-state index contributed by atoms with van der Waals surface area (Å²) in [5.41, 5.74) is 1.24. The summed E-state index contributed by atoms with van der Waals surface area (Å²) in [6.07, 6.45) is 0.991. The highest BCUT2D eigenvalue weighted by Crippen LogP contribution is 2.27. The van der Waals surface area contributed by atoms with Gasteiger partial charge >= 0.3 is 0 Å². The van der Waals surface area contributed by atoms with Gasteiger partial charge in [0.2, 0.25) is 0 Å². The van der Waals surface area contributed by atoms with Gasteiger partial charge < -0.3 is 5.32 Å². The summed E-state index contributed by atoms with van der Waals surface area (Å²) in [4.78, 5) is 1.37. The molecule has 0 bridgehead atoms. The van der Waals surface area contributed by atoms with E-state index in [1.165, 1.54) is 14.2 Å². The van der Waals surface area contributed by atoms with Crippen LogP contribution in [0.15, 0.2) is 40.2 Å². The molecule has 0 saturated heterocycles. The molecule has 0 radical (unpaired) electrons. The van der Waals surface area contributed by atoms with Crippen LogP contribution in [-0.4, -0.2) is 6.54 Å². The van der Waals surface area contributed by atoms with E-state index in [0.717, 1.165) is 18.0 Å². The fourth-order valence-corrected chi connectivity index (χ4v) is 3.67. The summed E-state index contributed by atoms with van der Waals surface area (Å²) < 4.78 is 1.18. The lowest BCUT2D eigenvalue weighted by atomic mass is 10.0. The Bertz CT molecular complexity index is 512. The molecule has 0 aliphatic rings. The Morgan fingerprint density at radius 3 is 2.78 bits per heavy atom. The van der Waals surface area contributed by atoms with E-state index in [0.29, 0.717) is 6.04 Å². The Kier molecular flexibility index (Phi) is 5.25. The summed E-state index contributed by atoms with van der Waals surface area (Å²) in [5.74, 6) is 0. The molecule has 96 valence electrons. The van der Waals surface area contributed by atoms with Gasteiger partial charge in [0.25, 0.3) is 0 Å². The third-order valence-corrected chi connectivity index (χ3v) is 4.62. The van der Waals surface area contributed by atoms with E-state index in [-0.39, 0.29) is 0 Å². The Hall–Kier alpha value is -0.350. The Morgan fingerprint density at radius 1 is 1.33 bits per heavy atom. The van der Waals surface area contributed by atoms with Crippen LogP contribution in [0.5, 0.6) is 0 Å². The first kappa shape index (κ1) is 14.1. The van der Waals surface area contributed by atoms with Gasteiger partial charge in [-0.25, -0.2) is 0 Å². The first-order valence-corrected chi connectivity index (χ1v) is 7.91. The SMILES string of the molecule is CCNC(Cc1ccc(Br)s1)c1cccc(Cl)c1. The van der Waals surface area contributed by atoms with Crippen LogP contribution in [0, 0.1) is 0 Å². The van der Waals surface area contributed by atoms with E-state index in [2.05, 4.69) is 46.4 Å². The zero-order valence-electron chi connectivity index (χ0n) is 10.1. The number of hydrogen-bond donors (Lipinski definition) is 1. The van der Waals surface area contributed by atoms with Gasteiger partial charge in [-0.15, -0.1) is 11.3 Å². The molecule has 2 aromatic rings. The predicted molar refractivity (Wildman–Crippen MR) is 83.6 cm³/mol. The number of halogens is 2. The van der Waals surface area contributed by atoms with Crippen molar-refractivity contribution in [3.05, 3.63) is 55.6 Å². The topological polar surface area (TPSA) is 12.0 Å². The Morgan fingerprint density at radius 2 is 2.17 bits per heavy atom. The minimum atomic E-state index is 0.319. The molecule has 1 nitrogen and oxygen atoms in total. The van der Waals surface area contributed by atoms with Gasteiger partial charge in [0.1, 0.15) is 0 Å². The van der Waals surface area contributed by atoms with Gasteiger partial charge in [-0.1, -0.05) is 30.7 Å². The molecule has 1 heterocycles. The number of benzene rings is 1. The van der Waals surface area contributed by atoms with Crippen molar-refractivity contribution in [2.75, 3.05) is 6.54 Å². The summed E-state index contributed by atoms with van der Waals surface area (Å²) >= 11 is 11.4. The standard InChI is InChI=1S/C14H15BrClNS/c1-2-17-13(9-12-6-7-14(15)18-12)10-4-3-5-11(16)8-10/h3-8,13,17H,2,9H2,1H3. The van der Waals surface area contributed by atoms with E-state index in [4.69, 9.17) is 11.6 Å². The van der Waals surface area contributed by atoms with Crippen LogP contribution in [0.3, 0.4) is 0 Å². The van der Waals surface area contributed by atoms with Gasteiger partial charge in [-0.05, 0) is 52.3 Å². The van der Waals surface area contributed by atoms with E-state index in [1.807, 2.05) is 18.2 Å². The molecule has 0 aliphatic heterocycles. The number of likely N-dealkylation sites (N-methyl/N-ethyl adjacent to an activating group) is 1. The van der Waals surface area contributed by atoms with E-state index < -0.39 is 0 Å². The van der Waals surface area contributed by atoms with Crippen molar-refractivity contribution in [3.8, 4) is 0 Å². The normalized spacial score (nSPS) is 12.6. The van der Waals surface area contributed by atoms with Crippen LogP contribution in [0.2, 0.25) is 5.02 Å². The molecule has 0 aliphatic carbocycles. The first-order chi connectivity index (χ1) is 8.69. The van der Waals surface area contributed by atoms with Crippen LogP contribution in [0.25, 0.3) is 0 Å². The summed E-state index contributed by atoms with van der Waals surface area (Å²) in [6, 6.07) is 12.7. The smallest absolute Gasteiger partial charge is 0.0701 e. The highest BCUT2D eigenvalue weighted by Gasteiger charge is 2.12. The highest BCUT2D eigenvalue weighted by atomic mass is 79.9. The average Bonchev–Trinajstić information content (AvgIpc) is 2.74. The molecule has 1 N–H and O–H groups in total. The molecule has 1 aromatic carbocycles. The quantitative estimate of drug-likeness (QED) is 0.799. The maximum absolute atomic E-state index is 6.06. The summed E-state index contributed by atoms with van der Waals surface area (Å²) in [7, 11) is 0. The average molecular weight is 345 g/mol. The van der Waals surface area contributed by atoms with Gasteiger partial charge in [0, 0.05) is 22.4 Å². The summed E-state index contributed by atoms with van der Waals surface area (Å²) in [6.45, 7) is 3.08. The minimum Gasteiger partial charge on any atom is -0.310 e. The zero-order chi connectivity index (χ0) is 13.0. The number of nitrogens with one attached hydrogen (secondary N) is 1. The maximum atomic E-state index is 6.06. The second kappa shape index (κ2) is 6.71. The van der Waals surface area contributed by atoms with E-state index in [1.54, 1.807) is 11.3 Å². The monoisotopic (exact) mass is 343 g/mol. The molecule has 4 heteroatoms. The molecule has 2 rings (SSSR count). The molecular formula is C14H15BrClNS. The van der Waals surface area contributed by atoms with Crippen molar-refractivity contribution in [2.24, 2.45) is 0 Å². The largest absolute Gasteiger partial charge is 0.310 e. The van der Waals surface area contributed by atoms with Gasteiger partial charge in [-0.2, -0.15) is 0 Å². The van der Waals surface area contributed by atoms with Crippen molar-refractivity contribution in [2.45, 2.75) is 19.4 Å². The predicted octanol–water partition coefficient (Wildman–Crippen LogP) is 5.06. The van der Waals surface area contributed by atoms with Crippen molar-refractivity contribution in [1.82, 2.24) is 5.32 Å². The molecular weight excluding hydrogens is 330 g/mol. The number of rotatable bonds is 5. The van der Waals surface area contributed by atoms with Crippen molar-refractivity contribution >= 4 is 38.9 Å². The molecule has 0 amide bonds. The van der Waals surface area contributed by atoms with Crippen molar-refractivity contribution in [1.29, 1.82) is 0 Å². The fraction of sp³-hybridized carbons (Fsp3) is 0.286. The molecule has 1 atom stereocenters. The maximum Gasteiger partial charge on any atom is 0.0701 e. The second-order valence-electron chi connectivity index (χ2n) is 4.08. The third-order valence-electron chi connectivity index (χ3n) is 2.74. The minimum absolute atomic E-state index is 0.319. The fourth-order valence-electron chi connectivity index (χ4n) is 1.94. The zero-order valence-corrected chi connectivity index (χ0v) is 13.3. The lowest BCUT2D eigenvalue weighted by Crippen LogP contribution is -2.22. The van der Waals surface area contributed by atoms with E-state index in [9.17, 15) is 0 Å². The van der Waals surface area contributed by atoms with Gasteiger partial charge in [0.15, 0.2) is 0 Å². The van der Waals surface area contributed by atoms with Crippen molar-refractivity contribution < 1.29 is 0 Å². The number of thiophene rings is 1. The lowest BCUT2D eigenvalue weighted by molar-refractivity contribution is 0.553. The molecule has 0 spiro atoms. The lowest BCUT2D eigenvalue weighted by Gasteiger charge is -2.17. The molecule has 1 unspecified atom stereocenters. The van der Waals surface area contributed by atoms with E-state index >= 15 is 0 Å². The number of hydrogen-bond acceptors (Lipinski definition) is 2. The van der Waals surface area contributed by atoms with Crippen LogP contribution in [-0.2, 0) is 6.42 Å². The highest BCUT2D eigenvalue weighted by molar-refractivity contribution is 9.11. The van der Waals surface area contributed by atoms with Crippen LogP contribution in [0.4, 0.5) is 0 Å². The first-order valence-electron chi connectivity index (χ1n) is 5.92. The van der Waals surface area contributed by atoms with Crippen LogP contribution >= 0.6 is 38.9 Å². The van der Waals surface area contributed by atoms with Gasteiger partial charge in [-0.3, -0.25) is 0 Å². The third kappa shape index (κ3) is 3.82. The Balaban J connectivity index is 2.17. The van der Waals surface area contributed by atoms with Crippen molar-refractivity contribution in [3.63, 3.8) is 0 Å². The molecule has 0 fully saturated rings. The van der Waals surface area contributed by atoms with Crippen LogP contribution in [0.1, 0.15) is 23.4 Å². The molecule has 0 saturated carbocycles. The summed E-state index contributed by atoms with van der Waals surface area (Å²) in [5, 5.41) is 4.31. The van der Waals surface area contributed by atoms with Gasteiger partial charge in [0.05, 0.1) is 3.79 Å². The molecule has 1 aromatic heterocycles. The second-order valence-corrected chi connectivity index (χ2v) is 7.06. The molecule has 18 heavy (non-hydrogen) atoms. The Labute approximate surface area is 125 Å².